The highest BCUT2D eigenvalue weighted by Gasteiger charge is 2.19. The molecular weight excluding hydrogens is 358 g/mol. The molecule has 0 unspecified atom stereocenters. The summed E-state index contributed by atoms with van der Waals surface area (Å²) in [6.45, 7) is 1.58. The summed E-state index contributed by atoms with van der Waals surface area (Å²) in [6, 6.07) is 7.12. The van der Waals surface area contributed by atoms with Crippen molar-refractivity contribution in [3.8, 4) is 5.75 Å². The van der Waals surface area contributed by atoms with Gasteiger partial charge in [0.05, 0.1) is 12.8 Å². The Morgan fingerprint density at radius 2 is 2.12 bits per heavy atom. The van der Waals surface area contributed by atoms with Crippen LogP contribution in [0.5, 0.6) is 5.75 Å². The lowest BCUT2D eigenvalue weighted by atomic mass is 10.1. The van der Waals surface area contributed by atoms with E-state index >= 15 is 0 Å². The van der Waals surface area contributed by atoms with Crippen LogP contribution in [-0.2, 0) is 14.3 Å². The van der Waals surface area contributed by atoms with Crippen LogP contribution in [0.1, 0.15) is 39.0 Å². The Morgan fingerprint density at radius 1 is 1.32 bits per heavy atom. The molecule has 1 aromatic carbocycles. The van der Waals surface area contributed by atoms with Gasteiger partial charge in [0.15, 0.2) is 6.10 Å². The number of carbonyl (C=O) groups is 2. The molecule has 0 aliphatic carbocycles. The second-order valence-electron chi connectivity index (χ2n) is 5.90. The number of para-hydroxylation sites is 2. The molecule has 1 aliphatic rings. The molecule has 1 fully saturated rings. The largest absolute Gasteiger partial charge is 0.495 e. The van der Waals surface area contributed by atoms with E-state index in [-0.39, 0.29) is 11.9 Å². The number of ether oxygens (including phenoxy) is 2. The SMILES string of the molecule is COc1ccccc1NC(=O)[C@@H](C)OC(=O)CCCC[C@@H]1CCSS1. The van der Waals surface area contributed by atoms with Crippen LogP contribution in [0, 0.1) is 0 Å². The van der Waals surface area contributed by atoms with Gasteiger partial charge in [-0.15, -0.1) is 0 Å². The fourth-order valence-electron chi connectivity index (χ4n) is 2.50. The predicted octanol–water partition coefficient (Wildman–Crippen LogP) is 4.28. The minimum absolute atomic E-state index is 0.323. The number of unbranched alkanes of at least 4 members (excludes halogenated alkanes) is 1. The zero-order chi connectivity index (χ0) is 18.1. The Balaban J connectivity index is 1.67. The van der Waals surface area contributed by atoms with Gasteiger partial charge in [-0.1, -0.05) is 40.1 Å². The van der Waals surface area contributed by atoms with Gasteiger partial charge in [-0.05, 0) is 38.3 Å². The highest BCUT2D eigenvalue weighted by atomic mass is 33.1. The molecule has 1 aromatic rings. The number of hydrogen-bond acceptors (Lipinski definition) is 6. The summed E-state index contributed by atoms with van der Waals surface area (Å²) >= 11 is 0. The second kappa shape index (κ2) is 10.6. The lowest BCUT2D eigenvalue weighted by Gasteiger charge is -2.15. The maximum Gasteiger partial charge on any atom is 0.306 e. The third kappa shape index (κ3) is 6.82. The van der Waals surface area contributed by atoms with Crippen LogP contribution in [0.3, 0.4) is 0 Å². The van der Waals surface area contributed by atoms with Crippen LogP contribution in [0.15, 0.2) is 24.3 Å². The highest BCUT2D eigenvalue weighted by molar-refractivity contribution is 8.77. The molecule has 2 rings (SSSR count). The van der Waals surface area contributed by atoms with E-state index in [0.717, 1.165) is 24.5 Å². The number of rotatable bonds is 9. The number of anilines is 1. The average Bonchev–Trinajstić information content (AvgIpc) is 3.12. The molecule has 1 saturated heterocycles. The van der Waals surface area contributed by atoms with Crippen LogP contribution >= 0.6 is 21.6 Å². The number of hydrogen-bond donors (Lipinski definition) is 1. The fraction of sp³-hybridized carbons (Fsp3) is 0.556. The number of methoxy groups -OCH3 is 1. The monoisotopic (exact) mass is 383 g/mol. The normalized spacial score (nSPS) is 17.8. The number of amides is 1. The van der Waals surface area contributed by atoms with E-state index in [1.165, 1.54) is 19.3 Å². The van der Waals surface area contributed by atoms with E-state index in [4.69, 9.17) is 9.47 Å². The van der Waals surface area contributed by atoms with Crippen molar-refractivity contribution in [1.29, 1.82) is 0 Å². The van der Waals surface area contributed by atoms with Gasteiger partial charge in [0.25, 0.3) is 5.91 Å². The Labute approximate surface area is 157 Å². The lowest BCUT2D eigenvalue weighted by Crippen LogP contribution is -2.30. The predicted molar refractivity (Wildman–Crippen MR) is 104 cm³/mol. The van der Waals surface area contributed by atoms with E-state index in [1.807, 2.05) is 27.7 Å². The summed E-state index contributed by atoms with van der Waals surface area (Å²) in [5.74, 6) is 1.11. The standard InChI is InChI=1S/C18H25NO4S2/c1-13(18(21)19-15-8-4-5-9-16(15)22-2)23-17(20)10-6-3-7-14-11-12-24-25-14/h4-5,8-9,13-14H,3,6-7,10-12H2,1-2H3,(H,19,21)/t13-,14-/m1/s1. The molecule has 0 spiro atoms. The Morgan fingerprint density at radius 3 is 2.84 bits per heavy atom. The maximum absolute atomic E-state index is 12.2. The van der Waals surface area contributed by atoms with Gasteiger partial charge in [-0.25, -0.2) is 0 Å². The third-order valence-corrected chi connectivity index (χ3v) is 6.93. The van der Waals surface area contributed by atoms with Gasteiger partial charge in [0.2, 0.25) is 0 Å². The van der Waals surface area contributed by atoms with E-state index < -0.39 is 6.10 Å². The molecule has 138 valence electrons. The van der Waals surface area contributed by atoms with Gasteiger partial charge in [-0.2, -0.15) is 0 Å². The average molecular weight is 384 g/mol. The molecule has 1 N–H and O–H groups in total. The first-order chi connectivity index (χ1) is 12.1. The molecule has 2 atom stereocenters. The number of nitrogens with one attached hydrogen (secondary N) is 1. The van der Waals surface area contributed by atoms with Crippen LogP contribution in [0.4, 0.5) is 5.69 Å². The molecule has 0 aromatic heterocycles. The lowest BCUT2D eigenvalue weighted by molar-refractivity contribution is -0.153. The summed E-state index contributed by atoms with van der Waals surface area (Å²) in [4.78, 5) is 24.1. The first-order valence-corrected chi connectivity index (χ1v) is 10.9. The molecule has 1 heterocycles. The summed E-state index contributed by atoms with van der Waals surface area (Å²) in [5.41, 5.74) is 0.560. The molecule has 1 aliphatic heterocycles. The van der Waals surface area contributed by atoms with Crippen LogP contribution in [0.25, 0.3) is 0 Å². The first-order valence-electron chi connectivity index (χ1n) is 8.51. The van der Waals surface area contributed by atoms with Gasteiger partial charge in [0.1, 0.15) is 5.75 Å². The van der Waals surface area contributed by atoms with Crippen molar-refractivity contribution in [1.82, 2.24) is 0 Å². The van der Waals surface area contributed by atoms with Gasteiger partial charge < -0.3 is 14.8 Å². The summed E-state index contributed by atoms with van der Waals surface area (Å²) in [6.07, 6.45) is 3.77. The van der Waals surface area contributed by atoms with Crippen molar-refractivity contribution in [3.63, 3.8) is 0 Å². The second-order valence-corrected chi connectivity index (χ2v) is 8.68. The minimum atomic E-state index is -0.834. The molecule has 0 bridgehead atoms. The Hall–Kier alpha value is -1.34. The van der Waals surface area contributed by atoms with Crippen LogP contribution in [-0.4, -0.2) is 36.1 Å². The molecule has 25 heavy (non-hydrogen) atoms. The maximum atomic E-state index is 12.2. The molecule has 7 heteroatoms. The van der Waals surface area contributed by atoms with Crippen molar-refractivity contribution in [2.75, 3.05) is 18.2 Å². The van der Waals surface area contributed by atoms with E-state index in [2.05, 4.69) is 5.32 Å². The van der Waals surface area contributed by atoms with Gasteiger partial charge in [0, 0.05) is 17.4 Å². The summed E-state index contributed by atoms with van der Waals surface area (Å²) in [7, 11) is 5.43. The zero-order valence-corrected chi connectivity index (χ0v) is 16.3. The van der Waals surface area contributed by atoms with E-state index in [1.54, 1.807) is 25.1 Å². The Kier molecular flexibility index (Phi) is 8.48. The van der Waals surface area contributed by atoms with Crippen LogP contribution in [0.2, 0.25) is 0 Å². The highest BCUT2D eigenvalue weighted by Crippen LogP contribution is 2.39. The minimum Gasteiger partial charge on any atom is -0.495 e. The van der Waals surface area contributed by atoms with Crippen LogP contribution < -0.4 is 10.1 Å². The van der Waals surface area contributed by atoms with Crippen molar-refractivity contribution >= 4 is 39.2 Å². The van der Waals surface area contributed by atoms with Crippen molar-refractivity contribution in [2.45, 2.75) is 50.4 Å². The molecule has 0 saturated carbocycles. The number of carbonyl (C=O) groups excluding carboxylic acids is 2. The molecular formula is C18H25NO4S2. The number of benzene rings is 1. The third-order valence-electron chi connectivity index (χ3n) is 3.93. The Bertz CT molecular complexity index is 576. The smallest absolute Gasteiger partial charge is 0.306 e. The van der Waals surface area contributed by atoms with Crippen molar-refractivity contribution < 1.29 is 19.1 Å². The first kappa shape index (κ1) is 20.0. The van der Waals surface area contributed by atoms with E-state index in [9.17, 15) is 9.59 Å². The summed E-state index contributed by atoms with van der Waals surface area (Å²) in [5, 5.41) is 3.45. The topological polar surface area (TPSA) is 64.6 Å². The molecule has 5 nitrogen and oxygen atoms in total. The van der Waals surface area contributed by atoms with Crippen molar-refractivity contribution in [2.24, 2.45) is 0 Å². The van der Waals surface area contributed by atoms with Crippen molar-refractivity contribution in [3.05, 3.63) is 24.3 Å². The van der Waals surface area contributed by atoms with Gasteiger partial charge >= 0.3 is 5.97 Å². The fourth-order valence-corrected chi connectivity index (χ4v) is 5.53. The number of esters is 1. The van der Waals surface area contributed by atoms with E-state index in [0.29, 0.717) is 17.9 Å². The zero-order valence-electron chi connectivity index (χ0n) is 14.7. The van der Waals surface area contributed by atoms with Gasteiger partial charge in [-0.3, -0.25) is 9.59 Å². The molecule has 0 radical (unpaired) electrons. The quantitative estimate of drug-likeness (QED) is 0.390. The molecule has 1 amide bonds. The summed E-state index contributed by atoms with van der Waals surface area (Å²) < 4.78 is 10.4.